The van der Waals surface area contributed by atoms with Crippen molar-refractivity contribution in [1.82, 2.24) is 4.98 Å². The lowest BCUT2D eigenvalue weighted by atomic mass is 10.2. The summed E-state index contributed by atoms with van der Waals surface area (Å²) < 4.78 is 53.0. The number of pyridine rings is 1. The number of alkyl halides is 3. The molecule has 122 valence electrons. The number of methoxy groups -OCH3 is 2. The van der Waals surface area contributed by atoms with E-state index in [4.69, 9.17) is 9.47 Å². The van der Waals surface area contributed by atoms with E-state index in [0.29, 0.717) is 0 Å². The number of hydrogen-bond acceptors (Lipinski definition) is 5. The topological polar surface area (TPSA) is 57.7 Å². The molecule has 2 aromatic rings. The number of esters is 1. The Bertz CT molecular complexity index is 716. The highest BCUT2D eigenvalue weighted by molar-refractivity contribution is 5.87. The Kier molecular flexibility index (Phi) is 4.73. The number of benzene rings is 1. The van der Waals surface area contributed by atoms with Crippen LogP contribution in [0.5, 0.6) is 17.4 Å². The molecule has 0 spiro atoms. The number of nitrogens with zero attached hydrogens (tertiary/aromatic N) is 1. The van der Waals surface area contributed by atoms with Crippen molar-refractivity contribution in [1.29, 1.82) is 0 Å². The highest BCUT2D eigenvalue weighted by Crippen LogP contribution is 2.34. The number of carbonyl (C=O) groups is 1. The lowest BCUT2D eigenvalue weighted by Gasteiger charge is -2.12. The second-order valence-electron chi connectivity index (χ2n) is 4.32. The fourth-order valence-corrected chi connectivity index (χ4v) is 1.72. The van der Waals surface area contributed by atoms with Gasteiger partial charge in [-0.2, -0.15) is 13.2 Å². The molecule has 1 aromatic carbocycles. The van der Waals surface area contributed by atoms with Gasteiger partial charge in [-0.3, -0.25) is 0 Å². The Morgan fingerprint density at radius 3 is 2.48 bits per heavy atom. The zero-order chi connectivity index (χ0) is 17.0. The van der Waals surface area contributed by atoms with Crippen LogP contribution in [0.15, 0.2) is 36.4 Å². The smallest absolute Gasteiger partial charge is 0.416 e. The zero-order valence-corrected chi connectivity index (χ0v) is 12.2. The number of halogens is 3. The number of rotatable bonds is 4. The van der Waals surface area contributed by atoms with Gasteiger partial charge in [-0.25, -0.2) is 9.78 Å². The van der Waals surface area contributed by atoms with Crippen molar-refractivity contribution in [3.63, 3.8) is 0 Å². The first-order valence-electron chi connectivity index (χ1n) is 6.33. The molecule has 2 rings (SSSR count). The maximum absolute atomic E-state index is 12.7. The molecule has 1 aromatic heterocycles. The Morgan fingerprint density at radius 1 is 1.13 bits per heavy atom. The minimum Gasteiger partial charge on any atom is -0.491 e. The van der Waals surface area contributed by atoms with E-state index in [0.717, 1.165) is 12.1 Å². The maximum atomic E-state index is 12.7. The van der Waals surface area contributed by atoms with Gasteiger partial charge in [0.15, 0.2) is 11.4 Å². The van der Waals surface area contributed by atoms with Gasteiger partial charge in [0.05, 0.1) is 19.8 Å². The highest BCUT2D eigenvalue weighted by Gasteiger charge is 2.30. The summed E-state index contributed by atoms with van der Waals surface area (Å²) in [7, 11) is 2.52. The molecule has 0 unspecified atom stereocenters. The van der Waals surface area contributed by atoms with Crippen LogP contribution in [0.25, 0.3) is 0 Å². The van der Waals surface area contributed by atoms with Crippen molar-refractivity contribution in [3.05, 3.63) is 47.7 Å². The number of ether oxygens (including phenoxy) is 3. The molecule has 0 amide bonds. The third-order valence-electron chi connectivity index (χ3n) is 2.82. The molecule has 0 fully saturated rings. The Morgan fingerprint density at radius 2 is 1.87 bits per heavy atom. The summed E-state index contributed by atoms with van der Waals surface area (Å²) in [6.45, 7) is 0. The van der Waals surface area contributed by atoms with Gasteiger partial charge in [0.25, 0.3) is 5.88 Å². The van der Waals surface area contributed by atoms with E-state index in [1.807, 2.05) is 0 Å². The van der Waals surface area contributed by atoms with Crippen molar-refractivity contribution in [2.45, 2.75) is 6.18 Å². The van der Waals surface area contributed by atoms with E-state index >= 15 is 0 Å². The number of hydrogen-bond donors (Lipinski definition) is 0. The van der Waals surface area contributed by atoms with E-state index in [2.05, 4.69) is 9.72 Å². The summed E-state index contributed by atoms with van der Waals surface area (Å²) in [6, 6.07) is 7.04. The molecule has 23 heavy (non-hydrogen) atoms. The third-order valence-corrected chi connectivity index (χ3v) is 2.82. The first kappa shape index (κ1) is 16.6. The summed E-state index contributed by atoms with van der Waals surface area (Å²) in [5, 5.41) is 0. The van der Waals surface area contributed by atoms with E-state index in [9.17, 15) is 18.0 Å². The van der Waals surface area contributed by atoms with Crippen LogP contribution in [0.3, 0.4) is 0 Å². The molecule has 0 aliphatic heterocycles. The quantitative estimate of drug-likeness (QED) is 0.802. The number of carbonyl (C=O) groups excluding carboxylic acids is 1. The fraction of sp³-hybridized carbons (Fsp3) is 0.200. The third kappa shape index (κ3) is 3.91. The summed E-state index contributed by atoms with van der Waals surface area (Å²) in [5.74, 6) is -0.779. The van der Waals surface area contributed by atoms with Gasteiger partial charge < -0.3 is 14.2 Å². The van der Waals surface area contributed by atoms with Crippen molar-refractivity contribution in [2.24, 2.45) is 0 Å². The molecule has 8 heteroatoms. The Balaban J connectivity index is 2.37. The van der Waals surface area contributed by atoms with Crippen molar-refractivity contribution >= 4 is 5.97 Å². The molecule has 0 N–H and O–H groups in total. The standard InChI is InChI=1S/C15H12F3NO4/c1-21-12-7-6-11(14(20)22-2)19-13(12)23-10-5-3-4-9(8-10)15(16,17)18/h3-8H,1-2H3. The van der Waals surface area contributed by atoms with Gasteiger partial charge in [-0.05, 0) is 30.3 Å². The number of aromatic nitrogens is 1. The molecule has 0 aliphatic carbocycles. The normalized spacial score (nSPS) is 11.0. The molecule has 0 aliphatic rings. The highest BCUT2D eigenvalue weighted by atomic mass is 19.4. The molecule has 5 nitrogen and oxygen atoms in total. The van der Waals surface area contributed by atoms with Crippen molar-refractivity contribution < 1.29 is 32.2 Å². The minimum absolute atomic E-state index is 0.0599. The monoisotopic (exact) mass is 327 g/mol. The van der Waals surface area contributed by atoms with Gasteiger partial charge in [0.1, 0.15) is 5.75 Å². The maximum Gasteiger partial charge on any atom is 0.416 e. The average molecular weight is 327 g/mol. The van der Waals surface area contributed by atoms with E-state index < -0.39 is 17.7 Å². The van der Waals surface area contributed by atoms with Gasteiger partial charge in [-0.15, -0.1) is 0 Å². The summed E-state index contributed by atoms with van der Waals surface area (Å²) in [5.41, 5.74) is -0.923. The molecule has 1 heterocycles. The second-order valence-corrected chi connectivity index (χ2v) is 4.32. The zero-order valence-electron chi connectivity index (χ0n) is 12.2. The van der Waals surface area contributed by atoms with E-state index in [1.165, 1.54) is 38.5 Å². The van der Waals surface area contributed by atoms with Crippen molar-refractivity contribution in [2.75, 3.05) is 14.2 Å². The molecular formula is C15H12F3NO4. The van der Waals surface area contributed by atoms with E-state index in [-0.39, 0.29) is 23.1 Å². The Labute approximate surface area is 129 Å². The van der Waals surface area contributed by atoms with Gasteiger partial charge in [-0.1, -0.05) is 6.07 Å². The molecule has 0 saturated carbocycles. The van der Waals surface area contributed by atoms with Crippen LogP contribution < -0.4 is 9.47 Å². The second kappa shape index (κ2) is 6.55. The molecular weight excluding hydrogens is 315 g/mol. The molecule has 0 atom stereocenters. The van der Waals surface area contributed by atoms with Crippen molar-refractivity contribution in [3.8, 4) is 17.4 Å². The van der Waals surface area contributed by atoms with Gasteiger partial charge in [0, 0.05) is 0 Å². The Hall–Kier alpha value is -2.77. The van der Waals surface area contributed by atoms with Crippen LogP contribution in [0.4, 0.5) is 13.2 Å². The predicted octanol–water partition coefficient (Wildman–Crippen LogP) is 3.69. The van der Waals surface area contributed by atoms with E-state index in [1.54, 1.807) is 0 Å². The van der Waals surface area contributed by atoms with Gasteiger partial charge in [0.2, 0.25) is 0 Å². The SMILES string of the molecule is COC(=O)c1ccc(OC)c(Oc2cccc(C(F)(F)F)c2)n1. The lowest BCUT2D eigenvalue weighted by molar-refractivity contribution is -0.137. The molecule has 0 bridgehead atoms. The first-order chi connectivity index (χ1) is 10.8. The van der Waals surface area contributed by atoms with Crippen LogP contribution in [-0.4, -0.2) is 25.2 Å². The minimum atomic E-state index is -4.50. The predicted molar refractivity (Wildman–Crippen MR) is 73.6 cm³/mol. The van der Waals surface area contributed by atoms with Crippen LogP contribution in [-0.2, 0) is 10.9 Å². The summed E-state index contributed by atoms with van der Waals surface area (Å²) in [6.07, 6.45) is -4.50. The average Bonchev–Trinajstić information content (AvgIpc) is 2.53. The largest absolute Gasteiger partial charge is 0.491 e. The van der Waals surface area contributed by atoms with Crippen LogP contribution in [0.1, 0.15) is 16.1 Å². The lowest BCUT2D eigenvalue weighted by Crippen LogP contribution is -2.06. The van der Waals surface area contributed by atoms with Crippen LogP contribution in [0, 0.1) is 0 Å². The van der Waals surface area contributed by atoms with Crippen LogP contribution in [0.2, 0.25) is 0 Å². The van der Waals surface area contributed by atoms with Gasteiger partial charge >= 0.3 is 12.1 Å². The fourth-order valence-electron chi connectivity index (χ4n) is 1.72. The summed E-state index contributed by atoms with van der Waals surface area (Å²) in [4.78, 5) is 15.4. The molecule has 0 radical (unpaired) electrons. The van der Waals surface area contributed by atoms with Crippen LogP contribution >= 0.6 is 0 Å². The summed E-state index contributed by atoms with van der Waals surface area (Å²) >= 11 is 0. The molecule has 0 saturated heterocycles. The first-order valence-corrected chi connectivity index (χ1v) is 6.33.